The third kappa shape index (κ3) is 6.17. The molecule has 0 saturated carbocycles. The predicted octanol–water partition coefficient (Wildman–Crippen LogP) is 2.40. The van der Waals surface area contributed by atoms with Crippen LogP contribution in [0.25, 0.3) is 0 Å². The summed E-state index contributed by atoms with van der Waals surface area (Å²) in [7, 11) is 0. The first-order valence-corrected chi connectivity index (χ1v) is 7.59. The van der Waals surface area contributed by atoms with Gasteiger partial charge in [-0.15, -0.1) is 0 Å². The van der Waals surface area contributed by atoms with Crippen LogP contribution in [-0.2, 0) is 11.2 Å². The minimum atomic E-state index is -0.603. The number of carbonyl (C=O) groups is 1. The van der Waals surface area contributed by atoms with Gasteiger partial charge in [0.05, 0.1) is 12.6 Å². The summed E-state index contributed by atoms with van der Waals surface area (Å²) in [6.07, 6.45) is -0.225. The maximum absolute atomic E-state index is 11.8. The van der Waals surface area contributed by atoms with Crippen molar-refractivity contribution in [3.63, 3.8) is 0 Å². The molecule has 0 fully saturated rings. The highest BCUT2D eigenvalue weighted by atomic mass is 35.5. The Kier molecular flexibility index (Phi) is 6.59. The number of hydrogen-bond acceptors (Lipinski definition) is 4. The van der Waals surface area contributed by atoms with Crippen LogP contribution in [0.15, 0.2) is 18.2 Å². The lowest BCUT2D eigenvalue weighted by molar-refractivity contribution is 0.0483. The molecule has 0 aromatic heterocycles. The highest BCUT2D eigenvalue weighted by Crippen LogP contribution is 2.18. The second kappa shape index (κ2) is 7.76. The molecule has 22 heavy (non-hydrogen) atoms. The molecule has 0 aliphatic heterocycles. The molecule has 0 heterocycles. The van der Waals surface area contributed by atoms with E-state index in [1.54, 1.807) is 39.0 Å². The van der Waals surface area contributed by atoms with Crippen molar-refractivity contribution in [3.8, 4) is 0 Å². The van der Waals surface area contributed by atoms with Crippen LogP contribution in [0.4, 0.5) is 4.79 Å². The molecular weight excluding hydrogens is 324 g/mol. The number of halogens is 1. The normalized spacial score (nSPS) is 12.6. The topological polar surface area (TPSA) is 84.6 Å². The van der Waals surface area contributed by atoms with E-state index in [0.29, 0.717) is 17.0 Å². The Bertz CT molecular complexity index is 558. The summed E-state index contributed by atoms with van der Waals surface area (Å²) in [5.74, 6) is 0. The number of hydrogen-bond donors (Lipinski definition) is 3. The summed E-state index contributed by atoms with van der Waals surface area (Å²) in [5, 5.41) is 12.6. The molecule has 0 aliphatic carbocycles. The van der Waals surface area contributed by atoms with Gasteiger partial charge in [-0.3, -0.25) is 0 Å². The molecule has 122 valence electrons. The zero-order valence-corrected chi connectivity index (χ0v) is 14.4. The van der Waals surface area contributed by atoms with Gasteiger partial charge in [0, 0.05) is 10.6 Å². The Labute approximate surface area is 140 Å². The average molecular weight is 345 g/mol. The Morgan fingerprint density at radius 1 is 1.50 bits per heavy atom. The molecule has 5 nitrogen and oxygen atoms in total. The van der Waals surface area contributed by atoms with Gasteiger partial charge < -0.3 is 20.9 Å². The van der Waals surface area contributed by atoms with Gasteiger partial charge in [0.2, 0.25) is 0 Å². The molecule has 1 aromatic carbocycles. The number of alkyl carbamates (subject to hydrolysis) is 1. The summed E-state index contributed by atoms with van der Waals surface area (Å²) < 4.78 is 5.17. The third-order valence-corrected chi connectivity index (χ3v) is 3.20. The predicted molar refractivity (Wildman–Crippen MR) is 91.3 cm³/mol. The fourth-order valence-corrected chi connectivity index (χ4v) is 2.22. The molecule has 1 amide bonds. The van der Waals surface area contributed by atoms with Crippen molar-refractivity contribution >= 4 is 34.9 Å². The minimum Gasteiger partial charge on any atom is -0.444 e. The van der Waals surface area contributed by atoms with E-state index in [4.69, 9.17) is 34.3 Å². The number of aliphatic hydroxyl groups excluding tert-OH is 1. The van der Waals surface area contributed by atoms with Crippen molar-refractivity contribution in [1.29, 1.82) is 0 Å². The van der Waals surface area contributed by atoms with Crippen LogP contribution in [0.1, 0.15) is 31.9 Å². The first-order chi connectivity index (χ1) is 10.1. The van der Waals surface area contributed by atoms with Crippen LogP contribution in [0.3, 0.4) is 0 Å². The fourth-order valence-electron chi connectivity index (χ4n) is 1.86. The van der Waals surface area contributed by atoms with E-state index in [9.17, 15) is 9.90 Å². The van der Waals surface area contributed by atoms with Crippen molar-refractivity contribution in [2.75, 3.05) is 6.61 Å². The lowest BCUT2D eigenvalue weighted by Gasteiger charge is -2.23. The van der Waals surface area contributed by atoms with Crippen molar-refractivity contribution in [3.05, 3.63) is 34.3 Å². The zero-order valence-electron chi connectivity index (χ0n) is 12.9. The van der Waals surface area contributed by atoms with E-state index in [1.165, 1.54) is 0 Å². The quantitative estimate of drug-likeness (QED) is 0.714. The van der Waals surface area contributed by atoms with E-state index in [0.717, 1.165) is 5.56 Å². The number of carbonyl (C=O) groups excluding carboxylic acids is 1. The first kappa shape index (κ1) is 18.7. The van der Waals surface area contributed by atoms with Gasteiger partial charge in [0.15, 0.2) is 0 Å². The van der Waals surface area contributed by atoms with Gasteiger partial charge in [-0.2, -0.15) is 0 Å². The van der Waals surface area contributed by atoms with E-state index >= 15 is 0 Å². The maximum atomic E-state index is 11.8. The smallest absolute Gasteiger partial charge is 0.407 e. The molecule has 0 saturated heterocycles. The standard InChI is InChI=1S/C15H21ClN2O3S/c1-15(2,3)21-14(20)18-11(8-19)6-9-4-5-10(16)7-12(9)13(17)22/h4-5,7,11,19H,6,8H2,1-3H3,(H2,17,22)(H,18,20)/t11-/m0/s1. The largest absolute Gasteiger partial charge is 0.444 e. The zero-order chi connectivity index (χ0) is 16.9. The lowest BCUT2D eigenvalue weighted by Crippen LogP contribution is -2.42. The van der Waals surface area contributed by atoms with Gasteiger partial charge in [-0.1, -0.05) is 29.9 Å². The summed E-state index contributed by atoms with van der Waals surface area (Å²) >= 11 is 10.9. The molecule has 0 spiro atoms. The number of thiocarbonyl (C=S) groups is 1. The number of nitrogens with one attached hydrogen (secondary N) is 1. The van der Waals surface area contributed by atoms with Crippen molar-refractivity contribution in [2.24, 2.45) is 5.73 Å². The van der Waals surface area contributed by atoms with Gasteiger partial charge >= 0.3 is 6.09 Å². The van der Waals surface area contributed by atoms with E-state index < -0.39 is 17.7 Å². The highest BCUT2D eigenvalue weighted by Gasteiger charge is 2.20. The Balaban J connectivity index is 2.83. The summed E-state index contributed by atoms with van der Waals surface area (Å²) in [6, 6.07) is 4.64. The first-order valence-electron chi connectivity index (χ1n) is 6.81. The van der Waals surface area contributed by atoms with Crippen LogP contribution in [0.2, 0.25) is 5.02 Å². The minimum absolute atomic E-state index is 0.214. The molecule has 1 aromatic rings. The molecule has 1 atom stereocenters. The molecule has 7 heteroatoms. The van der Waals surface area contributed by atoms with Gasteiger partial charge in [0.1, 0.15) is 10.6 Å². The summed E-state index contributed by atoms with van der Waals surface area (Å²) in [5.41, 5.74) is 6.51. The second-order valence-corrected chi connectivity index (χ2v) is 6.77. The van der Waals surface area contributed by atoms with Crippen LogP contribution >= 0.6 is 23.8 Å². The molecular formula is C15H21ClN2O3S. The molecule has 1 rings (SSSR count). The number of nitrogens with two attached hydrogens (primary N) is 1. The Hall–Kier alpha value is -1.37. The molecule has 0 bridgehead atoms. The van der Waals surface area contributed by atoms with Gasteiger partial charge in [-0.25, -0.2) is 4.79 Å². The van der Waals surface area contributed by atoms with Crippen LogP contribution < -0.4 is 11.1 Å². The number of aliphatic hydroxyl groups is 1. The Morgan fingerprint density at radius 3 is 2.64 bits per heavy atom. The summed E-state index contributed by atoms with van der Waals surface area (Å²) in [6.45, 7) is 5.07. The number of amides is 1. The molecule has 0 aliphatic rings. The van der Waals surface area contributed by atoms with E-state index in [-0.39, 0.29) is 11.6 Å². The van der Waals surface area contributed by atoms with E-state index in [2.05, 4.69) is 5.32 Å². The van der Waals surface area contributed by atoms with Crippen LogP contribution in [-0.4, -0.2) is 34.4 Å². The van der Waals surface area contributed by atoms with Crippen LogP contribution in [0.5, 0.6) is 0 Å². The monoisotopic (exact) mass is 344 g/mol. The number of benzene rings is 1. The third-order valence-electron chi connectivity index (χ3n) is 2.74. The fraction of sp³-hybridized carbons (Fsp3) is 0.467. The second-order valence-electron chi connectivity index (χ2n) is 5.90. The van der Waals surface area contributed by atoms with Crippen LogP contribution in [0, 0.1) is 0 Å². The van der Waals surface area contributed by atoms with E-state index in [1.807, 2.05) is 0 Å². The average Bonchev–Trinajstić information content (AvgIpc) is 2.37. The van der Waals surface area contributed by atoms with Crippen molar-refractivity contribution < 1.29 is 14.6 Å². The van der Waals surface area contributed by atoms with Gasteiger partial charge in [0.25, 0.3) is 0 Å². The molecule has 0 unspecified atom stereocenters. The SMILES string of the molecule is CC(C)(C)OC(=O)N[C@H](CO)Cc1ccc(Cl)cc1C(N)=S. The number of ether oxygens (including phenoxy) is 1. The van der Waals surface area contributed by atoms with Gasteiger partial charge in [-0.05, 0) is 44.9 Å². The highest BCUT2D eigenvalue weighted by molar-refractivity contribution is 7.80. The number of rotatable bonds is 5. The van der Waals surface area contributed by atoms with Crippen molar-refractivity contribution in [2.45, 2.75) is 38.8 Å². The molecule has 4 N–H and O–H groups in total. The molecule has 0 radical (unpaired) electrons. The lowest BCUT2D eigenvalue weighted by atomic mass is 10.0. The maximum Gasteiger partial charge on any atom is 0.407 e. The summed E-state index contributed by atoms with van der Waals surface area (Å²) in [4.78, 5) is 12.0. The Morgan fingerprint density at radius 2 is 2.14 bits per heavy atom. The van der Waals surface area contributed by atoms with Crippen molar-refractivity contribution in [1.82, 2.24) is 5.32 Å².